The zero-order chi connectivity index (χ0) is 17.7. The van der Waals surface area contributed by atoms with Gasteiger partial charge in [0, 0.05) is 17.8 Å². The maximum atomic E-state index is 12.3. The van der Waals surface area contributed by atoms with Crippen molar-refractivity contribution < 1.29 is 13.2 Å². The van der Waals surface area contributed by atoms with Crippen molar-refractivity contribution in [2.45, 2.75) is 18.7 Å². The van der Waals surface area contributed by atoms with E-state index in [4.69, 9.17) is 0 Å². The topological polar surface area (TPSA) is 75.3 Å². The molecule has 5 nitrogen and oxygen atoms in total. The molecule has 2 rings (SSSR count). The normalized spacial score (nSPS) is 11.1. The average Bonchev–Trinajstić information content (AvgIpc) is 2.55. The highest BCUT2D eigenvalue weighted by molar-refractivity contribution is 7.89. The van der Waals surface area contributed by atoms with Crippen molar-refractivity contribution in [1.29, 1.82) is 0 Å². The fourth-order valence-electron chi connectivity index (χ4n) is 2.19. The Kier molecular flexibility index (Phi) is 5.54. The molecule has 0 heterocycles. The Morgan fingerprint density at radius 2 is 1.79 bits per heavy atom. The number of nitrogens with one attached hydrogen (secondary N) is 2. The standard InChI is InChI=1S/C18H20N2O3S/c1-4-11-19-24(22,23)16-8-6-15(7-9-16)18(21)20-17-10-5-13(2)12-14(17)3/h4-10,12,19H,1,11H2,2-3H3,(H,20,21). The largest absolute Gasteiger partial charge is 0.322 e. The zero-order valence-corrected chi connectivity index (χ0v) is 14.5. The molecule has 0 spiro atoms. The highest BCUT2D eigenvalue weighted by Gasteiger charge is 2.14. The summed E-state index contributed by atoms with van der Waals surface area (Å²) in [5.41, 5.74) is 3.20. The van der Waals surface area contributed by atoms with Crippen molar-refractivity contribution in [3.8, 4) is 0 Å². The van der Waals surface area contributed by atoms with Crippen LogP contribution in [0.4, 0.5) is 5.69 Å². The SMILES string of the molecule is C=CCNS(=O)(=O)c1ccc(C(=O)Nc2ccc(C)cc2C)cc1. The van der Waals surface area contributed by atoms with Gasteiger partial charge in [0.05, 0.1) is 4.90 Å². The molecule has 0 bridgehead atoms. The van der Waals surface area contributed by atoms with Gasteiger partial charge in [-0.1, -0.05) is 23.8 Å². The summed E-state index contributed by atoms with van der Waals surface area (Å²) >= 11 is 0. The molecule has 0 aliphatic heterocycles. The molecule has 0 saturated carbocycles. The van der Waals surface area contributed by atoms with Gasteiger partial charge >= 0.3 is 0 Å². The van der Waals surface area contributed by atoms with E-state index < -0.39 is 10.0 Å². The van der Waals surface area contributed by atoms with Crippen LogP contribution in [-0.2, 0) is 10.0 Å². The second-order valence-electron chi connectivity index (χ2n) is 5.44. The summed E-state index contributed by atoms with van der Waals surface area (Å²) in [6.45, 7) is 7.52. The predicted octanol–water partition coefficient (Wildman–Crippen LogP) is 3.02. The number of hydrogen-bond donors (Lipinski definition) is 2. The van der Waals surface area contributed by atoms with E-state index in [1.165, 1.54) is 30.3 Å². The first kappa shape index (κ1) is 17.9. The summed E-state index contributed by atoms with van der Waals surface area (Å²) in [5.74, 6) is -0.287. The molecule has 0 unspecified atom stereocenters. The number of rotatable bonds is 6. The molecule has 2 aromatic rings. The number of aryl methyl sites for hydroxylation is 2. The summed E-state index contributed by atoms with van der Waals surface area (Å²) in [5, 5.41) is 2.83. The molecule has 0 saturated heterocycles. The summed E-state index contributed by atoms with van der Waals surface area (Å²) in [6, 6.07) is 11.5. The fraction of sp³-hybridized carbons (Fsp3) is 0.167. The summed E-state index contributed by atoms with van der Waals surface area (Å²) in [4.78, 5) is 12.4. The van der Waals surface area contributed by atoms with Crippen molar-refractivity contribution >= 4 is 21.6 Å². The minimum atomic E-state index is -3.59. The van der Waals surface area contributed by atoms with Crippen LogP contribution in [0, 0.1) is 13.8 Å². The Labute approximate surface area is 142 Å². The molecule has 6 heteroatoms. The summed E-state index contributed by atoms with van der Waals surface area (Å²) < 4.78 is 26.3. The van der Waals surface area contributed by atoms with E-state index in [0.29, 0.717) is 5.56 Å². The average molecular weight is 344 g/mol. The van der Waals surface area contributed by atoms with E-state index in [2.05, 4.69) is 16.6 Å². The number of carbonyl (C=O) groups excluding carboxylic acids is 1. The molecular weight excluding hydrogens is 324 g/mol. The van der Waals surface area contributed by atoms with Gasteiger partial charge in [-0.2, -0.15) is 0 Å². The lowest BCUT2D eigenvalue weighted by Crippen LogP contribution is -2.23. The summed E-state index contributed by atoms with van der Waals surface area (Å²) in [7, 11) is -3.59. The van der Waals surface area contributed by atoms with Gasteiger partial charge in [0.25, 0.3) is 5.91 Å². The van der Waals surface area contributed by atoms with Crippen molar-refractivity contribution in [2.24, 2.45) is 0 Å². The van der Waals surface area contributed by atoms with Gasteiger partial charge in [0.15, 0.2) is 0 Å². The molecular formula is C18H20N2O3S. The van der Waals surface area contributed by atoms with Crippen LogP contribution in [0.2, 0.25) is 0 Å². The predicted molar refractivity (Wildman–Crippen MR) is 95.7 cm³/mol. The van der Waals surface area contributed by atoms with Crippen molar-refractivity contribution in [3.05, 3.63) is 71.8 Å². The van der Waals surface area contributed by atoms with E-state index in [0.717, 1.165) is 16.8 Å². The lowest BCUT2D eigenvalue weighted by molar-refractivity contribution is 0.102. The van der Waals surface area contributed by atoms with Gasteiger partial charge < -0.3 is 5.32 Å². The van der Waals surface area contributed by atoms with Crippen LogP contribution >= 0.6 is 0 Å². The molecule has 0 aliphatic carbocycles. The third-order valence-corrected chi connectivity index (χ3v) is 4.91. The Bertz CT molecular complexity index is 856. The minimum Gasteiger partial charge on any atom is -0.322 e. The van der Waals surface area contributed by atoms with Crippen molar-refractivity contribution in [1.82, 2.24) is 4.72 Å². The first-order valence-electron chi connectivity index (χ1n) is 7.43. The Balaban J connectivity index is 2.15. The lowest BCUT2D eigenvalue weighted by atomic mass is 10.1. The molecule has 2 aromatic carbocycles. The smallest absolute Gasteiger partial charge is 0.255 e. The molecule has 0 aliphatic rings. The van der Waals surface area contributed by atoms with Crippen LogP contribution < -0.4 is 10.0 Å². The highest BCUT2D eigenvalue weighted by Crippen LogP contribution is 2.18. The quantitative estimate of drug-likeness (QED) is 0.791. The van der Waals surface area contributed by atoms with Crippen LogP contribution in [0.3, 0.4) is 0 Å². The molecule has 1 amide bonds. The van der Waals surface area contributed by atoms with Gasteiger partial charge in [0.1, 0.15) is 0 Å². The molecule has 0 radical (unpaired) electrons. The molecule has 24 heavy (non-hydrogen) atoms. The van der Waals surface area contributed by atoms with E-state index in [1.54, 1.807) is 0 Å². The number of benzene rings is 2. The zero-order valence-electron chi connectivity index (χ0n) is 13.7. The number of anilines is 1. The van der Waals surface area contributed by atoms with E-state index >= 15 is 0 Å². The summed E-state index contributed by atoms with van der Waals surface area (Å²) in [6.07, 6.45) is 1.46. The van der Waals surface area contributed by atoms with Gasteiger partial charge in [-0.3, -0.25) is 4.79 Å². The number of hydrogen-bond acceptors (Lipinski definition) is 3. The third-order valence-electron chi connectivity index (χ3n) is 3.47. The van der Waals surface area contributed by atoms with Gasteiger partial charge in [-0.25, -0.2) is 13.1 Å². The molecule has 0 atom stereocenters. The van der Waals surface area contributed by atoms with Crippen LogP contribution in [0.5, 0.6) is 0 Å². The first-order chi connectivity index (χ1) is 11.3. The number of sulfonamides is 1. The van der Waals surface area contributed by atoms with Crippen LogP contribution in [0.1, 0.15) is 21.5 Å². The van der Waals surface area contributed by atoms with Crippen molar-refractivity contribution in [3.63, 3.8) is 0 Å². The maximum absolute atomic E-state index is 12.3. The molecule has 0 aromatic heterocycles. The Hall–Kier alpha value is -2.44. The lowest BCUT2D eigenvalue weighted by Gasteiger charge is -2.10. The Morgan fingerprint density at radius 1 is 1.12 bits per heavy atom. The highest BCUT2D eigenvalue weighted by atomic mass is 32.2. The minimum absolute atomic E-state index is 0.104. The second kappa shape index (κ2) is 7.42. The van der Waals surface area contributed by atoms with Crippen molar-refractivity contribution in [2.75, 3.05) is 11.9 Å². The monoisotopic (exact) mass is 344 g/mol. The number of carbonyl (C=O) groups is 1. The molecule has 0 fully saturated rings. The van der Waals surface area contributed by atoms with Gasteiger partial charge in [-0.15, -0.1) is 6.58 Å². The number of amides is 1. The third kappa shape index (κ3) is 4.31. The van der Waals surface area contributed by atoms with Crippen LogP contribution in [0.15, 0.2) is 60.0 Å². The Morgan fingerprint density at radius 3 is 2.38 bits per heavy atom. The van der Waals surface area contributed by atoms with E-state index in [-0.39, 0.29) is 17.3 Å². The van der Waals surface area contributed by atoms with Crippen LogP contribution in [-0.4, -0.2) is 20.9 Å². The molecule has 2 N–H and O–H groups in total. The fourth-order valence-corrected chi connectivity index (χ4v) is 3.18. The van der Waals surface area contributed by atoms with E-state index in [1.807, 2.05) is 32.0 Å². The van der Waals surface area contributed by atoms with Gasteiger partial charge in [0.2, 0.25) is 10.0 Å². The van der Waals surface area contributed by atoms with E-state index in [9.17, 15) is 13.2 Å². The van der Waals surface area contributed by atoms with Crippen LogP contribution in [0.25, 0.3) is 0 Å². The maximum Gasteiger partial charge on any atom is 0.255 e. The second-order valence-corrected chi connectivity index (χ2v) is 7.20. The van der Waals surface area contributed by atoms with Gasteiger partial charge in [-0.05, 0) is 49.7 Å². The first-order valence-corrected chi connectivity index (χ1v) is 8.91. The molecule has 126 valence electrons.